The van der Waals surface area contributed by atoms with Gasteiger partial charge in [0.05, 0.1) is 26.5 Å². The van der Waals surface area contributed by atoms with Gasteiger partial charge in [-0.05, 0) is 0 Å². The average molecular weight is 243 g/mol. The highest BCUT2D eigenvalue weighted by Gasteiger charge is 2.13. The number of hydrogen-bond donors (Lipinski definition) is 3. The summed E-state index contributed by atoms with van der Waals surface area (Å²) in [5.41, 5.74) is 6.11. The van der Waals surface area contributed by atoms with Crippen LogP contribution < -0.4 is 19.9 Å². The van der Waals surface area contributed by atoms with Crippen LogP contribution in [0.4, 0.5) is 5.69 Å². The van der Waals surface area contributed by atoms with Crippen LogP contribution in [0.3, 0.4) is 0 Å². The van der Waals surface area contributed by atoms with Gasteiger partial charge in [0.2, 0.25) is 0 Å². The average Bonchev–Trinajstić information content (AvgIpc) is 2.35. The predicted molar refractivity (Wildman–Crippen MR) is 62.5 cm³/mol. The van der Waals surface area contributed by atoms with E-state index >= 15 is 0 Å². The third-order valence-electron chi connectivity index (χ3n) is 2.14. The molecule has 0 saturated heterocycles. The van der Waals surface area contributed by atoms with E-state index in [4.69, 9.17) is 25.1 Å². The van der Waals surface area contributed by atoms with Gasteiger partial charge in [-0.1, -0.05) is 0 Å². The van der Waals surface area contributed by atoms with Gasteiger partial charge in [-0.3, -0.25) is 0 Å². The Morgan fingerprint density at radius 1 is 1.29 bits per heavy atom. The molecule has 6 heteroatoms. The van der Waals surface area contributed by atoms with Crippen LogP contribution in [0.2, 0.25) is 0 Å². The molecule has 0 spiro atoms. The number of methoxy groups -OCH3 is 2. The van der Waals surface area contributed by atoms with Gasteiger partial charge in [0, 0.05) is 12.1 Å². The molecule has 17 heavy (non-hydrogen) atoms. The Bertz CT molecular complexity index is 369. The van der Waals surface area contributed by atoms with E-state index in [0.717, 1.165) is 0 Å². The van der Waals surface area contributed by atoms with Crippen LogP contribution in [0.15, 0.2) is 12.1 Å². The van der Waals surface area contributed by atoms with E-state index in [1.165, 1.54) is 14.2 Å². The number of nitrogen functional groups attached to an aromatic ring is 1. The number of aliphatic hydroxyl groups is 2. The first-order chi connectivity index (χ1) is 8.12. The van der Waals surface area contributed by atoms with Gasteiger partial charge in [-0.2, -0.15) is 0 Å². The van der Waals surface area contributed by atoms with E-state index in [-0.39, 0.29) is 13.2 Å². The van der Waals surface area contributed by atoms with Crippen LogP contribution in [0, 0.1) is 0 Å². The fourth-order valence-corrected chi connectivity index (χ4v) is 1.25. The number of hydrogen-bond acceptors (Lipinski definition) is 6. The van der Waals surface area contributed by atoms with E-state index in [2.05, 4.69) is 0 Å². The molecular formula is C11H17NO5. The van der Waals surface area contributed by atoms with Gasteiger partial charge in [0.15, 0.2) is 11.5 Å². The number of anilines is 1. The standard InChI is InChI=1S/C11H17NO5/c1-15-8-3-9(12)11(10(4-8)16-2)17-6-7(14)5-13/h3-4,7,13-14H,5-6,12H2,1-2H3/t7-/m0/s1. The van der Waals surface area contributed by atoms with E-state index in [0.29, 0.717) is 22.9 Å². The van der Waals surface area contributed by atoms with Crippen molar-refractivity contribution in [3.63, 3.8) is 0 Å². The number of benzene rings is 1. The summed E-state index contributed by atoms with van der Waals surface area (Å²) < 4.78 is 15.4. The van der Waals surface area contributed by atoms with Crippen molar-refractivity contribution in [3.05, 3.63) is 12.1 Å². The summed E-state index contributed by atoms with van der Waals surface area (Å²) in [7, 11) is 2.99. The molecule has 0 heterocycles. The Morgan fingerprint density at radius 2 is 2.00 bits per heavy atom. The van der Waals surface area contributed by atoms with E-state index in [1.54, 1.807) is 12.1 Å². The molecule has 0 bridgehead atoms. The first kappa shape index (κ1) is 13.4. The minimum absolute atomic E-state index is 0.0661. The topological polar surface area (TPSA) is 94.2 Å². The van der Waals surface area contributed by atoms with Gasteiger partial charge in [-0.15, -0.1) is 0 Å². The molecule has 0 amide bonds. The second kappa shape index (κ2) is 6.17. The van der Waals surface area contributed by atoms with Crippen molar-refractivity contribution in [2.24, 2.45) is 0 Å². The first-order valence-electron chi connectivity index (χ1n) is 5.05. The lowest BCUT2D eigenvalue weighted by Crippen LogP contribution is -2.21. The largest absolute Gasteiger partial charge is 0.497 e. The summed E-state index contributed by atoms with van der Waals surface area (Å²) in [6, 6.07) is 3.21. The van der Waals surface area contributed by atoms with Gasteiger partial charge >= 0.3 is 0 Å². The lowest BCUT2D eigenvalue weighted by Gasteiger charge is -2.15. The van der Waals surface area contributed by atoms with Crippen molar-refractivity contribution in [1.29, 1.82) is 0 Å². The molecule has 0 aliphatic carbocycles. The fourth-order valence-electron chi connectivity index (χ4n) is 1.25. The van der Waals surface area contributed by atoms with Gasteiger partial charge < -0.3 is 30.2 Å². The van der Waals surface area contributed by atoms with E-state index in [1.807, 2.05) is 0 Å². The zero-order valence-electron chi connectivity index (χ0n) is 9.84. The summed E-state index contributed by atoms with van der Waals surface area (Å²) in [5, 5.41) is 17.9. The molecule has 0 unspecified atom stereocenters. The molecule has 1 atom stereocenters. The quantitative estimate of drug-likeness (QED) is 0.610. The number of ether oxygens (including phenoxy) is 3. The summed E-state index contributed by atoms with van der Waals surface area (Å²) in [4.78, 5) is 0. The van der Waals surface area contributed by atoms with Gasteiger partial charge in [0.25, 0.3) is 0 Å². The lowest BCUT2D eigenvalue weighted by molar-refractivity contribution is 0.0530. The zero-order valence-corrected chi connectivity index (χ0v) is 9.84. The van der Waals surface area contributed by atoms with E-state index < -0.39 is 6.10 Å². The second-order valence-electron chi connectivity index (χ2n) is 3.40. The van der Waals surface area contributed by atoms with Crippen molar-refractivity contribution in [1.82, 2.24) is 0 Å². The van der Waals surface area contributed by atoms with Crippen LogP contribution in [-0.4, -0.2) is 43.8 Å². The summed E-state index contributed by atoms with van der Waals surface area (Å²) in [6.45, 7) is -0.443. The highest BCUT2D eigenvalue weighted by atomic mass is 16.5. The number of aliphatic hydroxyl groups excluding tert-OH is 2. The molecule has 0 aliphatic rings. The molecule has 0 saturated carbocycles. The van der Waals surface area contributed by atoms with Crippen LogP contribution in [0.25, 0.3) is 0 Å². The predicted octanol–water partition coefficient (Wildman–Crippen LogP) is 0.0180. The lowest BCUT2D eigenvalue weighted by atomic mass is 10.2. The fraction of sp³-hybridized carbons (Fsp3) is 0.455. The molecule has 0 fully saturated rings. The molecule has 4 N–H and O–H groups in total. The maximum absolute atomic E-state index is 9.19. The highest BCUT2D eigenvalue weighted by Crippen LogP contribution is 2.37. The van der Waals surface area contributed by atoms with Crippen molar-refractivity contribution in [2.45, 2.75) is 6.10 Å². The highest BCUT2D eigenvalue weighted by molar-refractivity contribution is 5.64. The minimum atomic E-state index is -0.957. The maximum atomic E-state index is 9.19. The molecule has 0 aliphatic heterocycles. The SMILES string of the molecule is COc1cc(N)c(OC[C@@H](O)CO)c(OC)c1. The molecular weight excluding hydrogens is 226 g/mol. The molecule has 96 valence electrons. The Labute approximate surface area is 99.5 Å². The Balaban J connectivity index is 2.89. The third-order valence-corrected chi connectivity index (χ3v) is 2.14. The summed E-state index contributed by atoms with van der Waals surface area (Å²) >= 11 is 0. The Hall–Kier alpha value is -1.66. The Morgan fingerprint density at radius 3 is 2.53 bits per heavy atom. The summed E-state index contributed by atoms with van der Waals surface area (Å²) in [6.07, 6.45) is -0.957. The molecule has 6 nitrogen and oxygen atoms in total. The normalized spacial score (nSPS) is 12.0. The number of rotatable bonds is 6. The van der Waals surface area contributed by atoms with Crippen molar-refractivity contribution < 1.29 is 24.4 Å². The monoisotopic (exact) mass is 243 g/mol. The molecule has 1 aromatic rings. The third kappa shape index (κ3) is 3.40. The molecule has 0 aromatic heterocycles. The van der Waals surface area contributed by atoms with Crippen molar-refractivity contribution in [2.75, 3.05) is 33.2 Å². The molecule has 0 radical (unpaired) electrons. The van der Waals surface area contributed by atoms with Crippen LogP contribution in [0.1, 0.15) is 0 Å². The zero-order chi connectivity index (χ0) is 12.8. The van der Waals surface area contributed by atoms with Gasteiger partial charge in [-0.25, -0.2) is 0 Å². The minimum Gasteiger partial charge on any atom is -0.497 e. The van der Waals surface area contributed by atoms with Crippen molar-refractivity contribution >= 4 is 5.69 Å². The Kier molecular flexibility index (Phi) is 4.86. The summed E-state index contributed by atoms with van der Waals surface area (Å²) in [5.74, 6) is 1.28. The molecule has 1 aromatic carbocycles. The second-order valence-corrected chi connectivity index (χ2v) is 3.40. The smallest absolute Gasteiger partial charge is 0.184 e. The maximum Gasteiger partial charge on any atom is 0.184 e. The van der Waals surface area contributed by atoms with Crippen LogP contribution in [0.5, 0.6) is 17.2 Å². The van der Waals surface area contributed by atoms with E-state index in [9.17, 15) is 5.11 Å². The van der Waals surface area contributed by atoms with Crippen molar-refractivity contribution in [3.8, 4) is 17.2 Å². The van der Waals surface area contributed by atoms with Crippen LogP contribution >= 0.6 is 0 Å². The molecule has 1 rings (SSSR count). The van der Waals surface area contributed by atoms with Crippen LogP contribution in [-0.2, 0) is 0 Å². The number of nitrogens with two attached hydrogens (primary N) is 1. The first-order valence-corrected chi connectivity index (χ1v) is 5.05. The van der Waals surface area contributed by atoms with Gasteiger partial charge in [0.1, 0.15) is 18.5 Å².